The third kappa shape index (κ3) is 3.99. The summed E-state index contributed by atoms with van der Waals surface area (Å²) in [7, 11) is 4.15. The van der Waals surface area contributed by atoms with E-state index < -0.39 is 0 Å². The molecule has 0 bridgehead atoms. The monoisotopic (exact) mass is 312 g/mol. The maximum atomic E-state index is 3.67. The average molecular weight is 313 g/mol. The van der Waals surface area contributed by atoms with Crippen LogP contribution >= 0.6 is 15.9 Å². The molecule has 2 unspecified atom stereocenters. The van der Waals surface area contributed by atoms with Gasteiger partial charge in [0.2, 0.25) is 0 Å². The second-order valence-corrected chi connectivity index (χ2v) is 5.96. The first-order valence-electron chi connectivity index (χ1n) is 6.67. The van der Waals surface area contributed by atoms with E-state index in [0.29, 0.717) is 6.04 Å². The number of benzene rings is 1. The van der Waals surface area contributed by atoms with Gasteiger partial charge in [0.25, 0.3) is 0 Å². The lowest BCUT2D eigenvalue weighted by molar-refractivity contribution is 0.559. The molecule has 0 saturated heterocycles. The highest BCUT2D eigenvalue weighted by molar-refractivity contribution is 9.10. The Hall–Kier alpha value is -0.540. The largest absolute Gasteiger partial charge is 0.374 e. The van der Waals surface area contributed by atoms with Gasteiger partial charge >= 0.3 is 0 Å². The van der Waals surface area contributed by atoms with Crippen molar-refractivity contribution in [3.8, 4) is 0 Å². The zero-order chi connectivity index (χ0) is 13.7. The van der Waals surface area contributed by atoms with Gasteiger partial charge in [0.1, 0.15) is 0 Å². The minimum absolute atomic E-state index is 0.369. The van der Waals surface area contributed by atoms with Crippen molar-refractivity contribution in [2.75, 3.05) is 25.5 Å². The van der Waals surface area contributed by atoms with Crippen molar-refractivity contribution in [3.63, 3.8) is 0 Å². The molecule has 0 heterocycles. The molecular weight excluding hydrogens is 288 g/mol. The van der Waals surface area contributed by atoms with Crippen molar-refractivity contribution in [1.29, 1.82) is 0 Å². The molecule has 18 heavy (non-hydrogen) atoms. The molecular formula is C15H25BrN2. The topological polar surface area (TPSA) is 15.3 Å². The third-order valence-electron chi connectivity index (χ3n) is 3.61. The molecule has 3 heteroatoms. The first-order chi connectivity index (χ1) is 8.49. The zero-order valence-electron chi connectivity index (χ0n) is 12.1. The fourth-order valence-corrected chi connectivity index (χ4v) is 2.67. The number of nitrogens with zero attached hydrogens (tertiary/aromatic N) is 1. The highest BCUT2D eigenvalue weighted by Crippen LogP contribution is 2.28. The highest BCUT2D eigenvalue weighted by atomic mass is 79.9. The molecule has 102 valence electrons. The van der Waals surface area contributed by atoms with Crippen LogP contribution in [0.1, 0.15) is 38.8 Å². The average Bonchev–Trinajstić information content (AvgIpc) is 2.37. The van der Waals surface area contributed by atoms with Gasteiger partial charge in [0, 0.05) is 29.8 Å². The minimum Gasteiger partial charge on any atom is -0.374 e. The molecule has 0 saturated carbocycles. The lowest BCUT2D eigenvalue weighted by atomic mass is 10.1. The van der Waals surface area contributed by atoms with Crippen molar-refractivity contribution < 1.29 is 0 Å². The predicted octanol–water partition coefficient (Wildman–Crippen LogP) is 4.21. The van der Waals surface area contributed by atoms with Gasteiger partial charge in [-0.1, -0.05) is 42.3 Å². The van der Waals surface area contributed by atoms with Crippen LogP contribution in [0, 0.1) is 5.92 Å². The minimum atomic E-state index is 0.369. The van der Waals surface area contributed by atoms with Crippen molar-refractivity contribution >= 4 is 21.6 Å². The van der Waals surface area contributed by atoms with Gasteiger partial charge in [0.05, 0.1) is 0 Å². The number of rotatable bonds is 6. The van der Waals surface area contributed by atoms with Crippen LogP contribution in [0.15, 0.2) is 22.7 Å². The van der Waals surface area contributed by atoms with Gasteiger partial charge in [-0.05, 0) is 37.6 Å². The lowest BCUT2D eigenvalue weighted by Crippen LogP contribution is -2.23. The van der Waals surface area contributed by atoms with Crippen LogP contribution in [0.5, 0.6) is 0 Å². The number of hydrogen-bond donors (Lipinski definition) is 1. The first-order valence-corrected chi connectivity index (χ1v) is 7.46. The summed E-state index contributed by atoms with van der Waals surface area (Å²) in [6, 6.07) is 6.99. The summed E-state index contributed by atoms with van der Waals surface area (Å²) in [6.07, 6.45) is 1.22. The maximum Gasteiger partial charge on any atom is 0.0375 e. The molecule has 1 aromatic carbocycles. The molecule has 0 aliphatic rings. The van der Waals surface area contributed by atoms with Crippen molar-refractivity contribution in [2.24, 2.45) is 5.92 Å². The Morgan fingerprint density at radius 1 is 1.33 bits per heavy atom. The van der Waals surface area contributed by atoms with E-state index in [1.54, 1.807) is 0 Å². The van der Waals surface area contributed by atoms with Crippen LogP contribution in [0.3, 0.4) is 0 Å². The van der Waals surface area contributed by atoms with Gasteiger partial charge < -0.3 is 10.2 Å². The molecule has 0 spiro atoms. The summed E-state index contributed by atoms with van der Waals surface area (Å²) < 4.78 is 1.18. The fraction of sp³-hybridized carbons (Fsp3) is 0.600. The first kappa shape index (κ1) is 15.5. The molecule has 0 fully saturated rings. The number of anilines is 1. The molecule has 1 aromatic rings. The van der Waals surface area contributed by atoms with Crippen LogP contribution in [0.2, 0.25) is 0 Å². The van der Waals surface area contributed by atoms with E-state index in [1.807, 2.05) is 7.05 Å². The van der Waals surface area contributed by atoms with E-state index in [9.17, 15) is 0 Å². The molecule has 0 aromatic heterocycles. The van der Waals surface area contributed by atoms with E-state index in [1.165, 1.54) is 22.1 Å². The van der Waals surface area contributed by atoms with E-state index in [0.717, 1.165) is 12.5 Å². The van der Waals surface area contributed by atoms with E-state index in [-0.39, 0.29) is 0 Å². The molecule has 0 radical (unpaired) electrons. The van der Waals surface area contributed by atoms with Gasteiger partial charge in [-0.15, -0.1) is 0 Å². The van der Waals surface area contributed by atoms with Crippen LogP contribution in [-0.4, -0.2) is 20.6 Å². The molecule has 2 atom stereocenters. The zero-order valence-corrected chi connectivity index (χ0v) is 13.7. The molecule has 0 aliphatic heterocycles. The van der Waals surface area contributed by atoms with Gasteiger partial charge in [0.15, 0.2) is 0 Å². The van der Waals surface area contributed by atoms with Crippen LogP contribution < -0.4 is 10.2 Å². The quantitative estimate of drug-likeness (QED) is 0.846. The van der Waals surface area contributed by atoms with Gasteiger partial charge in [-0.3, -0.25) is 0 Å². The van der Waals surface area contributed by atoms with E-state index in [2.05, 4.69) is 72.2 Å². The van der Waals surface area contributed by atoms with Crippen molar-refractivity contribution in [1.82, 2.24) is 5.32 Å². The van der Waals surface area contributed by atoms with E-state index >= 15 is 0 Å². The molecule has 0 aliphatic carbocycles. The van der Waals surface area contributed by atoms with Crippen LogP contribution in [0.4, 0.5) is 5.69 Å². The summed E-state index contributed by atoms with van der Waals surface area (Å²) in [5.41, 5.74) is 2.58. The van der Waals surface area contributed by atoms with Crippen molar-refractivity contribution in [3.05, 3.63) is 28.2 Å². The summed E-state index contributed by atoms with van der Waals surface area (Å²) >= 11 is 3.67. The Bertz CT molecular complexity index is 379. The Labute approximate surface area is 120 Å². The standard InChI is InChI=1S/C15H25BrN2/c1-6-11(2)10-18(5)13-7-8-14(12(3)17-4)15(16)9-13/h7-9,11-12,17H,6,10H2,1-5H3. The Morgan fingerprint density at radius 3 is 2.50 bits per heavy atom. The van der Waals surface area contributed by atoms with Gasteiger partial charge in [-0.2, -0.15) is 0 Å². The second-order valence-electron chi connectivity index (χ2n) is 5.11. The molecule has 1 N–H and O–H groups in total. The number of nitrogens with one attached hydrogen (secondary N) is 1. The maximum absolute atomic E-state index is 3.67. The van der Waals surface area contributed by atoms with E-state index in [4.69, 9.17) is 0 Å². The number of halogens is 1. The normalized spacial score (nSPS) is 14.3. The number of hydrogen-bond acceptors (Lipinski definition) is 2. The Balaban J connectivity index is 2.83. The third-order valence-corrected chi connectivity index (χ3v) is 4.29. The van der Waals surface area contributed by atoms with Crippen LogP contribution in [-0.2, 0) is 0 Å². The SMILES string of the molecule is CCC(C)CN(C)c1ccc(C(C)NC)c(Br)c1. The van der Waals surface area contributed by atoms with Gasteiger partial charge in [-0.25, -0.2) is 0 Å². The highest BCUT2D eigenvalue weighted by Gasteiger charge is 2.10. The molecule has 1 rings (SSSR count). The molecule has 0 amide bonds. The summed E-state index contributed by atoms with van der Waals surface area (Å²) in [5.74, 6) is 0.727. The predicted molar refractivity (Wildman–Crippen MR) is 84.3 cm³/mol. The smallest absolute Gasteiger partial charge is 0.0375 e. The van der Waals surface area contributed by atoms with Crippen LogP contribution in [0.25, 0.3) is 0 Å². The van der Waals surface area contributed by atoms with Crippen molar-refractivity contribution in [2.45, 2.75) is 33.2 Å². The summed E-state index contributed by atoms with van der Waals surface area (Å²) in [5, 5.41) is 3.27. The molecule has 2 nitrogen and oxygen atoms in total. The second kappa shape index (κ2) is 7.15. The summed E-state index contributed by atoms with van der Waals surface area (Å²) in [6.45, 7) is 7.81. The lowest BCUT2D eigenvalue weighted by Gasteiger charge is -2.24. The Morgan fingerprint density at radius 2 is 2.00 bits per heavy atom. The Kier molecular flexibility index (Phi) is 6.16. The fourth-order valence-electron chi connectivity index (χ4n) is 1.96. The summed E-state index contributed by atoms with van der Waals surface area (Å²) in [4.78, 5) is 2.33.